The van der Waals surface area contributed by atoms with E-state index in [1.807, 2.05) is 24.3 Å². The zero-order valence-electron chi connectivity index (χ0n) is 13.7. The Morgan fingerprint density at radius 3 is 2.04 bits per heavy atom. The van der Waals surface area contributed by atoms with Gasteiger partial charge in [0.25, 0.3) is 0 Å². The van der Waals surface area contributed by atoms with Crippen molar-refractivity contribution in [2.45, 2.75) is 44.1 Å². The predicted octanol–water partition coefficient (Wildman–Crippen LogP) is 5.27. The maximum absolute atomic E-state index is 12.8. The number of halogens is 1. The molecule has 2 aromatic rings. The van der Waals surface area contributed by atoms with Gasteiger partial charge in [-0.3, -0.25) is 4.79 Å². The minimum Gasteiger partial charge on any atom is -0.339 e. The highest BCUT2D eigenvalue weighted by Gasteiger charge is 2.37. The zero-order valence-corrected chi connectivity index (χ0v) is 14.5. The first-order chi connectivity index (χ1) is 11.7. The van der Waals surface area contributed by atoms with E-state index in [-0.39, 0.29) is 5.92 Å². The molecule has 0 radical (unpaired) electrons. The maximum atomic E-state index is 12.8. The fraction of sp³-hybridized carbons (Fsp3) is 0.381. The molecule has 24 heavy (non-hydrogen) atoms. The van der Waals surface area contributed by atoms with Gasteiger partial charge in [-0.2, -0.15) is 0 Å². The summed E-state index contributed by atoms with van der Waals surface area (Å²) < 4.78 is 0. The monoisotopic (exact) mass is 339 g/mol. The van der Waals surface area contributed by atoms with Crippen molar-refractivity contribution in [2.75, 3.05) is 6.54 Å². The first-order valence-corrected chi connectivity index (χ1v) is 9.26. The molecule has 0 spiro atoms. The van der Waals surface area contributed by atoms with Crippen LogP contribution < -0.4 is 0 Å². The molecule has 1 saturated carbocycles. The molecule has 1 amide bonds. The summed E-state index contributed by atoms with van der Waals surface area (Å²) in [5, 5.41) is 0.749. The van der Waals surface area contributed by atoms with Gasteiger partial charge in [0.2, 0.25) is 5.91 Å². The lowest BCUT2D eigenvalue weighted by molar-refractivity contribution is -0.130. The van der Waals surface area contributed by atoms with Crippen LogP contribution in [-0.2, 0) is 4.79 Å². The quantitative estimate of drug-likeness (QED) is 0.746. The first-order valence-electron chi connectivity index (χ1n) is 8.89. The SMILES string of the molecule is O=C1C(c2ccc(-c3ccc(Cl)cc3)cc2)CCN1C1CCCC1. The van der Waals surface area contributed by atoms with E-state index in [1.165, 1.54) is 25.7 Å². The molecule has 0 bridgehead atoms. The molecule has 1 atom stereocenters. The second kappa shape index (κ2) is 6.60. The van der Waals surface area contributed by atoms with Crippen LogP contribution in [0.25, 0.3) is 11.1 Å². The highest BCUT2D eigenvalue weighted by molar-refractivity contribution is 6.30. The van der Waals surface area contributed by atoms with Gasteiger partial charge in [-0.05, 0) is 48.1 Å². The van der Waals surface area contributed by atoms with Crippen molar-refractivity contribution in [1.82, 2.24) is 4.90 Å². The van der Waals surface area contributed by atoms with Crippen LogP contribution in [0.15, 0.2) is 48.5 Å². The van der Waals surface area contributed by atoms with Gasteiger partial charge >= 0.3 is 0 Å². The van der Waals surface area contributed by atoms with Gasteiger partial charge in [0.1, 0.15) is 0 Å². The van der Waals surface area contributed by atoms with E-state index in [9.17, 15) is 4.79 Å². The first kappa shape index (κ1) is 15.7. The molecule has 1 aliphatic heterocycles. The van der Waals surface area contributed by atoms with Crippen LogP contribution in [0.4, 0.5) is 0 Å². The molecule has 124 valence electrons. The second-order valence-corrected chi connectivity index (χ2v) is 7.38. The largest absolute Gasteiger partial charge is 0.339 e. The fourth-order valence-electron chi connectivity index (χ4n) is 4.14. The normalized spacial score (nSPS) is 21.6. The number of carbonyl (C=O) groups excluding carboxylic acids is 1. The number of benzene rings is 2. The highest BCUT2D eigenvalue weighted by Crippen LogP contribution is 2.35. The topological polar surface area (TPSA) is 20.3 Å². The standard InChI is InChI=1S/C21H22ClNO/c22-18-11-9-16(10-12-18)15-5-7-17(8-6-15)20-13-14-23(21(20)24)19-3-1-2-4-19/h5-12,19-20H,1-4,13-14H2. The molecule has 2 nitrogen and oxygen atoms in total. The molecule has 3 heteroatoms. The molecule has 2 aromatic carbocycles. The molecular weight excluding hydrogens is 318 g/mol. The fourth-order valence-corrected chi connectivity index (χ4v) is 4.27. The Morgan fingerprint density at radius 2 is 1.42 bits per heavy atom. The van der Waals surface area contributed by atoms with Crippen molar-refractivity contribution in [1.29, 1.82) is 0 Å². The van der Waals surface area contributed by atoms with Gasteiger partial charge in [-0.15, -0.1) is 0 Å². The number of hydrogen-bond donors (Lipinski definition) is 0. The van der Waals surface area contributed by atoms with E-state index in [0.29, 0.717) is 11.9 Å². The number of hydrogen-bond acceptors (Lipinski definition) is 1. The van der Waals surface area contributed by atoms with Gasteiger partial charge in [-0.1, -0.05) is 60.8 Å². The Kier molecular flexibility index (Phi) is 4.32. The second-order valence-electron chi connectivity index (χ2n) is 6.94. The summed E-state index contributed by atoms with van der Waals surface area (Å²) in [4.78, 5) is 14.9. The van der Waals surface area contributed by atoms with Crippen LogP contribution in [0, 0.1) is 0 Å². The van der Waals surface area contributed by atoms with Crippen LogP contribution in [0.3, 0.4) is 0 Å². The molecular formula is C21H22ClNO. The molecule has 1 heterocycles. The van der Waals surface area contributed by atoms with Crippen molar-refractivity contribution in [3.63, 3.8) is 0 Å². The van der Waals surface area contributed by atoms with Crippen molar-refractivity contribution < 1.29 is 4.79 Å². The van der Waals surface area contributed by atoms with Gasteiger partial charge in [0.05, 0.1) is 5.92 Å². The van der Waals surface area contributed by atoms with E-state index in [1.54, 1.807) is 0 Å². The summed E-state index contributed by atoms with van der Waals surface area (Å²) in [6.07, 6.45) is 5.88. The Hall–Kier alpha value is -1.80. The number of rotatable bonds is 3. The van der Waals surface area contributed by atoms with Crippen LogP contribution in [-0.4, -0.2) is 23.4 Å². The minimum absolute atomic E-state index is 0.0462. The molecule has 2 aliphatic rings. The van der Waals surface area contributed by atoms with E-state index < -0.39 is 0 Å². The summed E-state index contributed by atoms with van der Waals surface area (Å²) in [5.41, 5.74) is 3.46. The molecule has 0 aromatic heterocycles. The third-order valence-corrected chi connectivity index (χ3v) is 5.75. The van der Waals surface area contributed by atoms with Crippen molar-refractivity contribution in [2.24, 2.45) is 0 Å². The number of nitrogens with zero attached hydrogens (tertiary/aromatic N) is 1. The summed E-state index contributed by atoms with van der Waals surface area (Å²) in [7, 11) is 0. The van der Waals surface area contributed by atoms with Crippen molar-refractivity contribution >= 4 is 17.5 Å². The average molecular weight is 340 g/mol. The number of amides is 1. The molecule has 1 saturated heterocycles. The Labute approximate surface area is 148 Å². The molecule has 1 aliphatic carbocycles. The predicted molar refractivity (Wildman–Crippen MR) is 98.2 cm³/mol. The summed E-state index contributed by atoms with van der Waals surface area (Å²) in [5.74, 6) is 0.381. The van der Waals surface area contributed by atoms with Gasteiger partial charge in [-0.25, -0.2) is 0 Å². The van der Waals surface area contributed by atoms with E-state index in [4.69, 9.17) is 11.6 Å². The van der Waals surface area contributed by atoms with Crippen molar-refractivity contribution in [3.05, 3.63) is 59.1 Å². The third kappa shape index (κ3) is 2.95. The van der Waals surface area contributed by atoms with E-state index >= 15 is 0 Å². The van der Waals surface area contributed by atoms with E-state index in [0.717, 1.165) is 34.7 Å². The lowest BCUT2D eigenvalue weighted by atomic mass is 9.95. The van der Waals surface area contributed by atoms with Gasteiger partial charge < -0.3 is 4.90 Å². The third-order valence-electron chi connectivity index (χ3n) is 5.50. The molecule has 0 N–H and O–H groups in total. The van der Waals surface area contributed by atoms with Gasteiger partial charge in [0.15, 0.2) is 0 Å². The summed E-state index contributed by atoms with van der Waals surface area (Å²) in [6.45, 7) is 0.924. The number of likely N-dealkylation sites (tertiary alicyclic amines) is 1. The summed E-state index contributed by atoms with van der Waals surface area (Å²) >= 11 is 5.95. The zero-order chi connectivity index (χ0) is 16.5. The average Bonchev–Trinajstić information content (AvgIpc) is 3.25. The van der Waals surface area contributed by atoms with Crippen LogP contribution in [0.5, 0.6) is 0 Å². The highest BCUT2D eigenvalue weighted by atomic mass is 35.5. The van der Waals surface area contributed by atoms with E-state index in [2.05, 4.69) is 29.2 Å². The maximum Gasteiger partial charge on any atom is 0.230 e. The Morgan fingerprint density at radius 1 is 0.833 bits per heavy atom. The smallest absolute Gasteiger partial charge is 0.230 e. The summed E-state index contributed by atoms with van der Waals surface area (Å²) in [6, 6.07) is 16.8. The lowest BCUT2D eigenvalue weighted by Gasteiger charge is -2.24. The molecule has 4 rings (SSSR count). The van der Waals surface area contributed by atoms with Crippen LogP contribution in [0.1, 0.15) is 43.6 Å². The van der Waals surface area contributed by atoms with Crippen LogP contribution in [0.2, 0.25) is 5.02 Å². The van der Waals surface area contributed by atoms with Gasteiger partial charge in [0, 0.05) is 17.6 Å². The van der Waals surface area contributed by atoms with Crippen LogP contribution >= 0.6 is 11.6 Å². The lowest BCUT2D eigenvalue weighted by Crippen LogP contribution is -2.35. The molecule has 1 unspecified atom stereocenters. The van der Waals surface area contributed by atoms with Crippen molar-refractivity contribution in [3.8, 4) is 11.1 Å². The Balaban J connectivity index is 1.50. The minimum atomic E-state index is 0.0462. The Bertz CT molecular complexity index is 717. The number of carbonyl (C=O) groups is 1. The molecule has 2 fully saturated rings.